The number of carbonyl (C=O) groups is 1. The lowest BCUT2D eigenvalue weighted by atomic mass is 9.95. The zero-order valence-corrected chi connectivity index (χ0v) is 16.5. The molecule has 0 spiro atoms. The largest absolute Gasteiger partial charge is 0.494 e. The molecule has 28 heavy (non-hydrogen) atoms. The van der Waals surface area contributed by atoms with E-state index in [2.05, 4.69) is 24.0 Å². The van der Waals surface area contributed by atoms with Gasteiger partial charge in [-0.3, -0.25) is 9.89 Å². The minimum Gasteiger partial charge on any atom is -0.494 e. The van der Waals surface area contributed by atoms with Gasteiger partial charge in [0.05, 0.1) is 18.3 Å². The van der Waals surface area contributed by atoms with Crippen LogP contribution in [0.4, 0.5) is 0 Å². The predicted molar refractivity (Wildman–Crippen MR) is 109 cm³/mol. The highest BCUT2D eigenvalue weighted by Crippen LogP contribution is 2.43. The van der Waals surface area contributed by atoms with Gasteiger partial charge in [0.1, 0.15) is 11.4 Å². The Morgan fingerprint density at radius 1 is 1.11 bits per heavy atom. The summed E-state index contributed by atoms with van der Waals surface area (Å²) in [5.41, 5.74) is 4.47. The van der Waals surface area contributed by atoms with E-state index in [9.17, 15) is 4.79 Å². The maximum absolute atomic E-state index is 13.2. The normalized spacial score (nSPS) is 15.9. The highest BCUT2D eigenvalue weighted by atomic mass is 16.5. The van der Waals surface area contributed by atoms with E-state index in [1.807, 2.05) is 66.4 Å². The summed E-state index contributed by atoms with van der Waals surface area (Å²) in [7, 11) is 0. The Morgan fingerprint density at radius 3 is 2.46 bits per heavy atom. The second-order valence-electron chi connectivity index (χ2n) is 7.48. The van der Waals surface area contributed by atoms with Gasteiger partial charge in [-0.15, -0.1) is 0 Å². The van der Waals surface area contributed by atoms with Crippen molar-refractivity contribution in [3.8, 4) is 17.0 Å². The molecular weight excluding hydrogens is 350 g/mol. The van der Waals surface area contributed by atoms with E-state index < -0.39 is 0 Å². The van der Waals surface area contributed by atoms with Crippen LogP contribution in [0.1, 0.15) is 48.4 Å². The van der Waals surface area contributed by atoms with Crippen molar-refractivity contribution in [1.29, 1.82) is 0 Å². The molecule has 4 rings (SSSR count). The number of fused-ring (bicyclic) bond motifs is 1. The van der Waals surface area contributed by atoms with Gasteiger partial charge in [-0.25, -0.2) is 0 Å². The van der Waals surface area contributed by atoms with E-state index in [1.165, 1.54) is 0 Å². The molecule has 1 amide bonds. The first-order valence-corrected chi connectivity index (χ1v) is 9.77. The fraction of sp³-hybridized carbons (Fsp3) is 0.304. The van der Waals surface area contributed by atoms with Crippen molar-refractivity contribution >= 4 is 5.91 Å². The number of hydrogen-bond acceptors (Lipinski definition) is 3. The maximum atomic E-state index is 13.2. The second kappa shape index (κ2) is 7.50. The van der Waals surface area contributed by atoms with Gasteiger partial charge in [0.2, 0.25) is 0 Å². The summed E-state index contributed by atoms with van der Waals surface area (Å²) >= 11 is 0. The van der Waals surface area contributed by atoms with Crippen LogP contribution < -0.4 is 4.74 Å². The van der Waals surface area contributed by atoms with Gasteiger partial charge in [0.15, 0.2) is 0 Å². The SMILES string of the molecule is CCOc1ccc(C2c3c(-c4ccccc4)n[nH]c3C(=O)N2CC(C)C)cc1. The van der Waals surface area contributed by atoms with Crippen LogP contribution >= 0.6 is 0 Å². The van der Waals surface area contributed by atoms with Crippen LogP contribution in [0.25, 0.3) is 11.3 Å². The third kappa shape index (κ3) is 3.17. The Balaban J connectivity index is 1.82. The number of nitrogens with one attached hydrogen (secondary N) is 1. The number of aromatic amines is 1. The van der Waals surface area contributed by atoms with Crippen molar-refractivity contribution in [2.75, 3.05) is 13.2 Å². The van der Waals surface area contributed by atoms with Gasteiger partial charge in [-0.05, 0) is 30.5 Å². The molecule has 1 aliphatic rings. The third-order valence-corrected chi connectivity index (χ3v) is 4.98. The van der Waals surface area contributed by atoms with Gasteiger partial charge >= 0.3 is 0 Å². The second-order valence-corrected chi connectivity index (χ2v) is 7.48. The molecule has 1 aromatic heterocycles. The van der Waals surface area contributed by atoms with Crippen LogP contribution in [0.3, 0.4) is 0 Å². The standard InChI is InChI=1S/C23H25N3O2/c1-4-28-18-12-10-17(11-13-18)22-19-20(16-8-6-5-7-9-16)24-25-21(19)23(27)26(22)14-15(2)3/h5-13,15,22H,4,14H2,1-3H3,(H,24,25). The van der Waals surface area contributed by atoms with Gasteiger partial charge in [0, 0.05) is 17.7 Å². The molecule has 0 radical (unpaired) electrons. The number of benzene rings is 2. The Kier molecular flexibility index (Phi) is 4.90. The first-order chi connectivity index (χ1) is 13.6. The highest BCUT2D eigenvalue weighted by Gasteiger charge is 2.42. The van der Waals surface area contributed by atoms with E-state index in [0.717, 1.165) is 28.1 Å². The summed E-state index contributed by atoms with van der Waals surface area (Å²) in [6.07, 6.45) is 0. The van der Waals surface area contributed by atoms with Crippen LogP contribution in [0.5, 0.6) is 5.75 Å². The number of amides is 1. The summed E-state index contributed by atoms with van der Waals surface area (Å²) in [4.78, 5) is 15.1. The Morgan fingerprint density at radius 2 is 1.82 bits per heavy atom. The summed E-state index contributed by atoms with van der Waals surface area (Å²) in [6.45, 7) is 7.55. The molecule has 0 fully saturated rings. The molecule has 1 aliphatic heterocycles. The number of hydrogen-bond donors (Lipinski definition) is 1. The van der Waals surface area contributed by atoms with E-state index >= 15 is 0 Å². The Hall–Kier alpha value is -3.08. The molecule has 5 heteroatoms. The quantitative estimate of drug-likeness (QED) is 0.681. The van der Waals surface area contributed by atoms with Crippen molar-refractivity contribution in [2.45, 2.75) is 26.8 Å². The van der Waals surface area contributed by atoms with Crippen molar-refractivity contribution in [1.82, 2.24) is 15.1 Å². The fourth-order valence-corrected chi connectivity index (χ4v) is 3.85. The number of rotatable bonds is 6. The van der Waals surface area contributed by atoms with E-state index in [4.69, 9.17) is 4.74 Å². The van der Waals surface area contributed by atoms with Crippen LogP contribution in [0, 0.1) is 5.92 Å². The molecule has 3 aromatic rings. The smallest absolute Gasteiger partial charge is 0.273 e. The maximum Gasteiger partial charge on any atom is 0.273 e. The minimum absolute atomic E-state index is 0.0114. The molecule has 2 heterocycles. The van der Waals surface area contributed by atoms with Crippen LogP contribution in [0.2, 0.25) is 0 Å². The molecule has 2 aromatic carbocycles. The molecule has 1 atom stereocenters. The van der Waals surface area contributed by atoms with Gasteiger partial charge < -0.3 is 9.64 Å². The van der Waals surface area contributed by atoms with Crippen LogP contribution in [0.15, 0.2) is 54.6 Å². The molecular formula is C23H25N3O2. The van der Waals surface area contributed by atoms with Crippen LogP contribution in [-0.2, 0) is 0 Å². The molecule has 0 saturated heterocycles. The summed E-state index contributed by atoms with van der Waals surface area (Å²) in [5, 5.41) is 7.50. The molecule has 0 bridgehead atoms. The van der Waals surface area contributed by atoms with E-state index in [1.54, 1.807) is 0 Å². The monoisotopic (exact) mass is 375 g/mol. The van der Waals surface area contributed by atoms with Crippen LogP contribution in [-0.4, -0.2) is 34.2 Å². The average molecular weight is 375 g/mol. The molecule has 1 N–H and O–H groups in total. The first kappa shape index (κ1) is 18.3. The summed E-state index contributed by atoms with van der Waals surface area (Å²) < 4.78 is 5.58. The average Bonchev–Trinajstić information content (AvgIpc) is 3.23. The lowest BCUT2D eigenvalue weighted by Crippen LogP contribution is -2.32. The molecule has 144 valence electrons. The van der Waals surface area contributed by atoms with Gasteiger partial charge in [-0.1, -0.05) is 56.3 Å². The van der Waals surface area contributed by atoms with Gasteiger partial charge in [-0.2, -0.15) is 5.10 Å². The predicted octanol–water partition coefficient (Wildman–Crippen LogP) is 4.68. The zero-order chi connectivity index (χ0) is 19.7. The number of ether oxygens (including phenoxy) is 1. The number of H-pyrrole nitrogens is 1. The Bertz CT molecular complexity index is 961. The van der Waals surface area contributed by atoms with E-state index in [0.29, 0.717) is 24.8 Å². The summed E-state index contributed by atoms with van der Waals surface area (Å²) in [6, 6.07) is 17.9. The number of aromatic nitrogens is 2. The lowest BCUT2D eigenvalue weighted by Gasteiger charge is -2.28. The highest BCUT2D eigenvalue weighted by molar-refractivity contribution is 6.00. The van der Waals surface area contributed by atoms with Crippen molar-refractivity contribution < 1.29 is 9.53 Å². The number of nitrogens with zero attached hydrogens (tertiary/aromatic N) is 2. The van der Waals surface area contributed by atoms with Crippen molar-refractivity contribution in [3.05, 3.63) is 71.4 Å². The zero-order valence-electron chi connectivity index (χ0n) is 16.5. The van der Waals surface area contributed by atoms with Crippen molar-refractivity contribution in [2.24, 2.45) is 5.92 Å². The number of carbonyl (C=O) groups excluding carboxylic acids is 1. The minimum atomic E-state index is -0.158. The lowest BCUT2D eigenvalue weighted by molar-refractivity contribution is 0.0722. The topological polar surface area (TPSA) is 58.2 Å². The van der Waals surface area contributed by atoms with Crippen molar-refractivity contribution in [3.63, 3.8) is 0 Å². The first-order valence-electron chi connectivity index (χ1n) is 9.77. The fourth-order valence-electron chi connectivity index (χ4n) is 3.85. The molecule has 1 unspecified atom stereocenters. The van der Waals surface area contributed by atoms with Gasteiger partial charge in [0.25, 0.3) is 5.91 Å². The third-order valence-electron chi connectivity index (χ3n) is 4.98. The van der Waals surface area contributed by atoms with E-state index in [-0.39, 0.29) is 11.9 Å². The Labute approximate surface area is 165 Å². The molecule has 5 nitrogen and oxygen atoms in total. The molecule has 0 aliphatic carbocycles. The summed E-state index contributed by atoms with van der Waals surface area (Å²) in [5.74, 6) is 1.21. The molecule has 0 saturated carbocycles.